The average Bonchev–Trinajstić information content (AvgIpc) is 3.07. The predicted octanol–water partition coefficient (Wildman–Crippen LogP) is 9.67. The molecule has 10 heteroatoms. The molecule has 0 aliphatic carbocycles. The zero-order chi connectivity index (χ0) is 37.8. The van der Waals surface area contributed by atoms with Crippen molar-refractivity contribution in [3.05, 3.63) is 94.0 Å². The Morgan fingerprint density at radius 3 is 1.17 bits per heavy atom. The third-order valence-electron chi connectivity index (χ3n) is 9.33. The molecule has 0 bridgehead atoms. The number of aliphatic imine (C=N–C) groups is 2. The molecule has 6 aromatic carbocycles. The normalized spacial score (nSPS) is 12.1. The summed E-state index contributed by atoms with van der Waals surface area (Å²) in [5, 5.41) is 91.0. The van der Waals surface area contributed by atoms with Gasteiger partial charge < -0.3 is 40.9 Å². The van der Waals surface area contributed by atoms with Crippen molar-refractivity contribution in [1.29, 1.82) is 0 Å². The first-order valence-electron chi connectivity index (χ1n) is 16.8. The summed E-state index contributed by atoms with van der Waals surface area (Å²) in [6, 6.07) is 15.9. The lowest BCUT2D eigenvalue weighted by molar-refractivity contribution is 0.398. The van der Waals surface area contributed by atoms with Crippen molar-refractivity contribution >= 4 is 45.3 Å². The second kappa shape index (κ2) is 13.4. The first kappa shape index (κ1) is 35.4. The smallest absolute Gasteiger partial charge is 0.167 e. The Kier molecular flexibility index (Phi) is 9.10. The summed E-state index contributed by atoms with van der Waals surface area (Å²) in [5.41, 5.74) is 3.08. The Hall–Kier alpha value is -6.42. The molecule has 0 aliphatic heterocycles. The molecule has 0 saturated carbocycles. The zero-order valence-electron chi connectivity index (χ0n) is 29.6. The van der Waals surface area contributed by atoms with Crippen LogP contribution < -0.4 is 0 Å². The zero-order valence-corrected chi connectivity index (χ0v) is 29.6. The van der Waals surface area contributed by atoms with Crippen molar-refractivity contribution in [3.63, 3.8) is 0 Å². The Morgan fingerprint density at radius 1 is 0.481 bits per heavy atom. The van der Waals surface area contributed by atoms with Crippen LogP contribution in [0.1, 0.15) is 72.9 Å². The number of hydrogen-bond acceptors (Lipinski definition) is 10. The number of phenols is 8. The van der Waals surface area contributed by atoms with E-state index in [0.717, 1.165) is 0 Å². The molecule has 266 valence electrons. The van der Waals surface area contributed by atoms with Crippen LogP contribution in [-0.2, 0) is 0 Å². The average molecular weight is 701 g/mol. The quantitative estimate of drug-likeness (QED) is 0.0597. The third-order valence-corrected chi connectivity index (χ3v) is 9.33. The molecule has 52 heavy (non-hydrogen) atoms. The van der Waals surface area contributed by atoms with Gasteiger partial charge in [0.15, 0.2) is 23.0 Å². The van der Waals surface area contributed by atoms with Gasteiger partial charge in [-0.3, -0.25) is 9.98 Å². The lowest BCUT2D eigenvalue weighted by Gasteiger charge is -2.23. The predicted molar refractivity (Wildman–Crippen MR) is 205 cm³/mol. The molecule has 0 heterocycles. The van der Waals surface area contributed by atoms with Crippen LogP contribution in [0.2, 0.25) is 0 Å². The van der Waals surface area contributed by atoms with Crippen LogP contribution in [0.3, 0.4) is 0 Å². The minimum Gasteiger partial charge on any atom is -0.508 e. The van der Waals surface area contributed by atoms with E-state index in [9.17, 15) is 40.9 Å². The van der Waals surface area contributed by atoms with E-state index >= 15 is 0 Å². The van der Waals surface area contributed by atoms with Gasteiger partial charge in [-0.25, -0.2) is 0 Å². The van der Waals surface area contributed by atoms with E-state index in [-0.39, 0.29) is 79.4 Å². The van der Waals surface area contributed by atoms with Crippen LogP contribution in [0.15, 0.2) is 70.6 Å². The fourth-order valence-corrected chi connectivity index (χ4v) is 7.05. The van der Waals surface area contributed by atoms with Gasteiger partial charge in [0, 0.05) is 57.6 Å². The highest BCUT2D eigenvalue weighted by Gasteiger charge is 2.29. The first-order chi connectivity index (χ1) is 24.6. The van der Waals surface area contributed by atoms with Gasteiger partial charge in [0.1, 0.15) is 23.0 Å². The van der Waals surface area contributed by atoms with Crippen LogP contribution in [0.4, 0.5) is 11.4 Å². The second-order valence-electron chi connectivity index (χ2n) is 13.6. The standard InChI is InChI=1S/C42H40N2O8/c1-19(2)31-27-13-21(5)33(39(49)35(27)29(37(47)41(31)51)17-43-23-9-7-11-25(45)15-23)34-22(6)14-28-32(20(3)4)42(52)38(48)30(36(28)40(34)50)18-44-24-10-8-12-26(46)16-24/h7-20,45-52H,1-6H3. The molecular formula is C42H40N2O8. The number of fused-ring (bicyclic) bond motifs is 2. The van der Waals surface area contributed by atoms with E-state index in [1.54, 1.807) is 50.2 Å². The Morgan fingerprint density at radius 2 is 0.846 bits per heavy atom. The van der Waals surface area contributed by atoms with Crippen molar-refractivity contribution < 1.29 is 40.9 Å². The monoisotopic (exact) mass is 700 g/mol. The number of aryl methyl sites for hydroxylation is 2. The molecule has 10 nitrogen and oxygen atoms in total. The fourth-order valence-electron chi connectivity index (χ4n) is 7.05. The molecule has 6 aromatic rings. The molecule has 6 rings (SSSR count). The van der Waals surface area contributed by atoms with E-state index in [4.69, 9.17) is 0 Å². The van der Waals surface area contributed by atoms with E-state index in [1.807, 2.05) is 27.7 Å². The summed E-state index contributed by atoms with van der Waals surface area (Å²) in [4.78, 5) is 8.83. The SMILES string of the molecule is Cc1cc2c(C(C)C)c(O)c(O)c(C=Nc3cccc(O)c3)c2c(O)c1-c1c(C)cc2c(C(C)C)c(O)c(O)c(C=Nc3cccc(O)c3)c2c1O. The third kappa shape index (κ3) is 5.91. The number of phenolic OH excluding ortho intramolecular Hbond substituents is 8. The van der Waals surface area contributed by atoms with Gasteiger partial charge in [-0.05, 0) is 71.8 Å². The second-order valence-corrected chi connectivity index (χ2v) is 13.6. The molecule has 0 amide bonds. The highest BCUT2D eigenvalue weighted by atomic mass is 16.3. The van der Waals surface area contributed by atoms with Gasteiger partial charge in [0.05, 0.1) is 22.5 Å². The van der Waals surface area contributed by atoms with Gasteiger partial charge >= 0.3 is 0 Å². The summed E-state index contributed by atoms with van der Waals surface area (Å²) in [5.74, 6) is -2.91. The maximum Gasteiger partial charge on any atom is 0.167 e. The lowest BCUT2D eigenvalue weighted by Crippen LogP contribution is -2.01. The highest BCUT2D eigenvalue weighted by molar-refractivity contribution is 6.15. The summed E-state index contributed by atoms with van der Waals surface area (Å²) in [7, 11) is 0. The van der Waals surface area contributed by atoms with Gasteiger partial charge in [-0.15, -0.1) is 0 Å². The van der Waals surface area contributed by atoms with Crippen LogP contribution in [0, 0.1) is 13.8 Å². The summed E-state index contributed by atoms with van der Waals surface area (Å²) in [6.07, 6.45) is 2.60. The maximum absolute atomic E-state index is 12.3. The molecule has 0 radical (unpaired) electrons. The molecular weight excluding hydrogens is 660 g/mol. The highest BCUT2D eigenvalue weighted by Crippen LogP contribution is 2.54. The minimum atomic E-state index is -0.503. The maximum atomic E-state index is 12.3. The van der Waals surface area contributed by atoms with Crippen molar-refractivity contribution in [2.75, 3.05) is 0 Å². The minimum absolute atomic E-state index is 0.0144. The van der Waals surface area contributed by atoms with E-state index in [2.05, 4.69) is 9.98 Å². The number of rotatable bonds is 7. The van der Waals surface area contributed by atoms with Crippen molar-refractivity contribution in [3.8, 4) is 57.1 Å². The molecule has 0 aliphatic rings. The van der Waals surface area contributed by atoms with Crippen molar-refractivity contribution in [1.82, 2.24) is 0 Å². The molecule has 0 spiro atoms. The number of benzene rings is 6. The Bertz CT molecular complexity index is 2310. The molecule has 0 saturated heterocycles. The van der Waals surface area contributed by atoms with Crippen LogP contribution in [0.25, 0.3) is 32.7 Å². The molecule has 0 fully saturated rings. The fraction of sp³-hybridized carbons (Fsp3) is 0.190. The summed E-state index contributed by atoms with van der Waals surface area (Å²) in [6.45, 7) is 10.9. The van der Waals surface area contributed by atoms with Gasteiger partial charge in [-0.2, -0.15) is 0 Å². The van der Waals surface area contributed by atoms with E-state index < -0.39 is 11.5 Å². The Balaban J connectivity index is 1.72. The van der Waals surface area contributed by atoms with Crippen molar-refractivity contribution in [2.45, 2.75) is 53.4 Å². The molecule has 8 N–H and O–H groups in total. The van der Waals surface area contributed by atoms with Crippen molar-refractivity contribution in [2.24, 2.45) is 9.98 Å². The van der Waals surface area contributed by atoms with Gasteiger partial charge in [0.2, 0.25) is 0 Å². The largest absolute Gasteiger partial charge is 0.508 e. The molecule has 0 atom stereocenters. The topological polar surface area (TPSA) is 187 Å². The van der Waals surface area contributed by atoms with Crippen LogP contribution >= 0.6 is 0 Å². The van der Waals surface area contributed by atoms with E-state index in [1.165, 1.54) is 36.7 Å². The molecule has 0 aromatic heterocycles. The van der Waals surface area contributed by atoms with Crippen LogP contribution in [0.5, 0.6) is 46.0 Å². The van der Waals surface area contributed by atoms with Gasteiger partial charge in [0.25, 0.3) is 0 Å². The Labute approximate surface area is 300 Å². The first-order valence-corrected chi connectivity index (χ1v) is 16.8. The van der Waals surface area contributed by atoms with Gasteiger partial charge in [-0.1, -0.05) is 52.0 Å². The summed E-state index contributed by atoms with van der Waals surface area (Å²) < 4.78 is 0. The summed E-state index contributed by atoms with van der Waals surface area (Å²) >= 11 is 0. The van der Waals surface area contributed by atoms with E-state index in [0.29, 0.717) is 44.4 Å². The molecule has 0 unspecified atom stereocenters. The van der Waals surface area contributed by atoms with Crippen LogP contribution in [-0.4, -0.2) is 53.3 Å². The number of hydrogen-bond donors (Lipinski definition) is 8. The lowest BCUT2D eigenvalue weighted by atomic mass is 9.83. The number of aromatic hydroxyl groups is 8. The number of nitrogens with zero attached hydrogens (tertiary/aromatic N) is 2.